The second-order valence-corrected chi connectivity index (χ2v) is 10.2. The smallest absolute Gasteiger partial charge is 0.332 e. The summed E-state index contributed by atoms with van der Waals surface area (Å²) in [5, 5.41) is 2.94. The predicted molar refractivity (Wildman–Crippen MR) is 143 cm³/mol. The molecule has 37 heavy (non-hydrogen) atoms. The molecule has 200 valence electrons. The van der Waals surface area contributed by atoms with Crippen LogP contribution in [0.1, 0.15) is 61.5 Å². The number of nitrogens with one attached hydrogen (secondary N) is 1. The van der Waals surface area contributed by atoms with Gasteiger partial charge < -0.3 is 20.5 Å². The molecule has 2 aromatic heterocycles. The summed E-state index contributed by atoms with van der Waals surface area (Å²) in [5.41, 5.74) is 5.16. The van der Waals surface area contributed by atoms with Gasteiger partial charge >= 0.3 is 5.69 Å². The van der Waals surface area contributed by atoms with E-state index in [2.05, 4.69) is 5.32 Å². The molecule has 10 nitrogen and oxygen atoms in total. The zero-order chi connectivity index (χ0) is 27.4. The number of hydrogen-bond donors (Lipinski definition) is 2. The first-order chi connectivity index (χ1) is 17.5. The highest BCUT2D eigenvalue weighted by atomic mass is 32.1. The number of carbonyl (C=O) groups excluding carboxylic acids is 2. The molecule has 0 unspecified atom stereocenters. The van der Waals surface area contributed by atoms with Crippen molar-refractivity contribution in [2.75, 3.05) is 6.54 Å². The van der Waals surface area contributed by atoms with Crippen LogP contribution in [0.3, 0.4) is 0 Å². The van der Waals surface area contributed by atoms with Gasteiger partial charge in [-0.3, -0.25) is 23.5 Å². The minimum absolute atomic E-state index is 0.0137. The lowest BCUT2D eigenvalue weighted by atomic mass is 10.1. The number of aryl methyl sites for hydroxylation is 1. The van der Waals surface area contributed by atoms with Crippen LogP contribution in [0, 0.1) is 6.92 Å². The standard InChI is InChI=1S/C26H34N4O6S/c1-7-28-23(32)22-16(6)21-24(33)29(13-20(27)31)26(34)30(25(21)37-22)12-19(36-15(4)5)17-10-8-9-11-18(17)35-14(2)3/h8-11,14-15,19H,7,12-13H2,1-6H3,(H2,27,31)(H,28,32)/t19-/m0/s1. The monoisotopic (exact) mass is 530 g/mol. The van der Waals surface area contributed by atoms with Gasteiger partial charge in [-0.15, -0.1) is 11.3 Å². The molecule has 3 rings (SSSR count). The van der Waals surface area contributed by atoms with E-state index < -0.39 is 29.8 Å². The van der Waals surface area contributed by atoms with Gasteiger partial charge in [0.25, 0.3) is 11.5 Å². The maximum atomic E-state index is 13.6. The zero-order valence-electron chi connectivity index (χ0n) is 22.0. The van der Waals surface area contributed by atoms with Crippen molar-refractivity contribution in [2.24, 2.45) is 5.73 Å². The highest BCUT2D eigenvalue weighted by molar-refractivity contribution is 7.20. The molecule has 3 aromatic rings. The summed E-state index contributed by atoms with van der Waals surface area (Å²) in [6.45, 7) is 10.9. The summed E-state index contributed by atoms with van der Waals surface area (Å²) in [6.07, 6.45) is -0.922. The molecule has 0 aliphatic heterocycles. The van der Waals surface area contributed by atoms with Crippen molar-refractivity contribution in [1.82, 2.24) is 14.5 Å². The van der Waals surface area contributed by atoms with E-state index in [-0.39, 0.29) is 30.0 Å². The maximum absolute atomic E-state index is 13.6. The molecule has 1 aromatic carbocycles. The largest absolute Gasteiger partial charge is 0.491 e. The van der Waals surface area contributed by atoms with Crippen LogP contribution in [0.15, 0.2) is 33.9 Å². The maximum Gasteiger partial charge on any atom is 0.332 e. The van der Waals surface area contributed by atoms with Gasteiger partial charge in [0.15, 0.2) is 0 Å². The van der Waals surface area contributed by atoms with Crippen LogP contribution < -0.4 is 27.0 Å². The van der Waals surface area contributed by atoms with E-state index in [1.54, 1.807) is 13.8 Å². The number of nitrogens with zero attached hydrogens (tertiary/aromatic N) is 2. The van der Waals surface area contributed by atoms with Gasteiger partial charge in [-0.2, -0.15) is 0 Å². The van der Waals surface area contributed by atoms with Crippen LogP contribution in [0.4, 0.5) is 0 Å². The van der Waals surface area contributed by atoms with Gasteiger partial charge in [0, 0.05) is 12.1 Å². The van der Waals surface area contributed by atoms with Gasteiger partial charge in [0.1, 0.15) is 23.2 Å². The Hall–Kier alpha value is -3.44. The third-order valence-electron chi connectivity index (χ3n) is 5.57. The highest BCUT2D eigenvalue weighted by Gasteiger charge is 2.27. The molecule has 0 bridgehead atoms. The van der Waals surface area contributed by atoms with E-state index in [0.29, 0.717) is 27.6 Å². The Morgan fingerprint density at radius 2 is 1.76 bits per heavy atom. The van der Waals surface area contributed by atoms with E-state index in [9.17, 15) is 19.2 Å². The third kappa shape index (κ3) is 6.11. The second-order valence-electron chi connectivity index (χ2n) is 9.22. The Balaban J connectivity index is 2.30. The first kappa shape index (κ1) is 28.1. The lowest BCUT2D eigenvalue weighted by Crippen LogP contribution is -2.43. The van der Waals surface area contributed by atoms with Crippen molar-refractivity contribution in [3.05, 3.63) is 61.1 Å². The minimum atomic E-state index is -0.826. The molecule has 3 N–H and O–H groups in total. The molecule has 0 saturated carbocycles. The van der Waals surface area contributed by atoms with Crippen LogP contribution in [-0.4, -0.2) is 39.7 Å². The number of fused-ring (bicyclic) bond motifs is 1. The molecular formula is C26H34N4O6S. The summed E-state index contributed by atoms with van der Waals surface area (Å²) in [7, 11) is 0. The molecule has 0 saturated heterocycles. The van der Waals surface area contributed by atoms with Crippen LogP contribution in [0.5, 0.6) is 5.75 Å². The summed E-state index contributed by atoms with van der Waals surface area (Å²) in [6, 6.07) is 7.41. The fraction of sp³-hybridized carbons (Fsp3) is 0.462. The van der Waals surface area contributed by atoms with Gasteiger partial charge in [0.2, 0.25) is 5.91 Å². The van der Waals surface area contributed by atoms with Crippen LogP contribution in [0.2, 0.25) is 0 Å². The average Bonchev–Trinajstić information content (AvgIpc) is 3.15. The first-order valence-corrected chi connectivity index (χ1v) is 13.0. The lowest BCUT2D eigenvalue weighted by Gasteiger charge is -2.25. The van der Waals surface area contributed by atoms with Crippen LogP contribution in [-0.2, 0) is 22.6 Å². The third-order valence-corrected chi connectivity index (χ3v) is 6.88. The number of para-hydroxylation sites is 1. The van der Waals surface area contributed by atoms with Crippen molar-refractivity contribution >= 4 is 33.4 Å². The fourth-order valence-corrected chi connectivity index (χ4v) is 5.34. The fourth-order valence-electron chi connectivity index (χ4n) is 4.13. The van der Waals surface area contributed by atoms with E-state index in [4.69, 9.17) is 15.2 Å². The molecule has 0 radical (unpaired) electrons. The van der Waals surface area contributed by atoms with E-state index in [1.165, 1.54) is 4.57 Å². The van der Waals surface area contributed by atoms with Crippen molar-refractivity contribution in [1.29, 1.82) is 0 Å². The summed E-state index contributed by atoms with van der Waals surface area (Å²) < 4.78 is 14.5. The Morgan fingerprint density at radius 1 is 1.08 bits per heavy atom. The van der Waals surface area contributed by atoms with Crippen molar-refractivity contribution in [3.63, 3.8) is 0 Å². The number of amides is 2. The Bertz CT molecular complexity index is 1420. The minimum Gasteiger partial charge on any atom is -0.491 e. The second kappa shape index (κ2) is 11.7. The molecule has 0 aliphatic rings. The molecule has 0 fully saturated rings. The summed E-state index contributed by atoms with van der Waals surface area (Å²) in [5.74, 6) is -0.553. The molecular weight excluding hydrogens is 496 g/mol. The van der Waals surface area contributed by atoms with Crippen molar-refractivity contribution in [2.45, 2.75) is 72.9 Å². The molecule has 0 spiro atoms. The Kier molecular flexibility index (Phi) is 8.93. The number of benzene rings is 1. The SMILES string of the molecule is CCNC(=O)c1sc2c(c1C)c(=O)n(CC(N)=O)c(=O)n2C[C@H](OC(C)C)c1ccccc1OC(C)C. The number of rotatable bonds is 11. The van der Waals surface area contributed by atoms with E-state index >= 15 is 0 Å². The number of hydrogen-bond acceptors (Lipinski definition) is 7. The highest BCUT2D eigenvalue weighted by Crippen LogP contribution is 2.33. The van der Waals surface area contributed by atoms with E-state index in [1.807, 2.05) is 52.0 Å². The Labute approximate surface area is 219 Å². The molecule has 2 heterocycles. The van der Waals surface area contributed by atoms with E-state index in [0.717, 1.165) is 21.5 Å². The van der Waals surface area contributed by atoms with Crippen molar-refractivity contribution < 1.29 is 19.1 Å². The topological polar surface area (TPSA) is 135 Å². The van der Waals surface area contributed by atoms with Gasteiger partial charge in [0.05, 0.1) is 29.0 Å². The quantitative estimate of drug-likeness (QED) is 0.391. The number of ether oxygens (including phenoxy) is 2. The average molecular weight is 531 g/mol. The van der Waals surface area contributed by atoms with Crippen LogP contribution in [0.25, 0.3) is 10.2 Å². The normalized spacial score (nSPS) is 12.3. The van der Waals surface area contributed by atoms with Gasteiger partial charge in [-0.1, -0.05) is 18.2 Å². The number of primary amides is 1. The number of thiophene rings is 1. The predicted octanol–water partition coefficient (Wildman–Crippen LogP) is 2.72. The molecule has 1 atom stereocenters. The number of aromatic nitrogens is 2. The number of carbonyl (C=O) groups is 2. The molecule has 0 aliphatic carbocycles. The number of nitrogens with two attached hydrogens (primary N) is 1. The summed E-state index contributed by atoms with van der Waals surface area (Å²) in [4.78, 5) is 52.1. The molecule has 2 amide bonds. The van der Waals surface area contributed by atoms with Crippen molar-refractivity contribution in [3.8, 4) is 5.75 Å². The lowest BCUT2D eigenvalue weighted by molar-refractivity contribution is -0.118. The van der Waals surface area contributed by atoms with Crippen LogP contribution >= 0.6 is 11.3 Å². The van der Waals surface area contributed by atoms with Gasteiger partial charge in [-0.25, -0.2) is 4.79 Å². The Morgan fingerprint density at radius 3 is 2.35 bits per heavy atom. The summed E-state index contributed by atoms with van der Waals surface area (Å²) >= 11 is 1.06. The first-order valence-electron chi connectivity index (χ1n) is 12.2. The molecule has 11 heteroatoms. The zero-order valence-corrected chi connectivity index (χ0v) is 22.8. The van der Waals surface area contributed by atoms with Gasteiger partial charge in [-0.05, 0) is 53.2 Å².